The molecule has 2 heterocycles. The van der Waals surface area contributed by atoms with Crippen LogP contribution in [0.5, 0.6) is 0 Å². The fourth-order valence-electron chi connectivity index (χ4n) is 2.61. The lowest BCUT2D eigenvalue weighted by Crippen LogP contribution is -2.15. The van der Waals surface area contributed by atoms with Gasteiger partial charge < -0.3 is 5.32 Å². The Bertz CT molecular complexity index is 1130. The predicted molar refractivity (Wildman–Crippen MR) is 112 cm³/mol. The highest BCUT2D eigenvalue weighted by atomic mass is 127. The third-order valence-electron chi connectivity index (χ3n) is 3.74. The van der Waals surface area contributed by atoms with Crippen molar-refractivity contribution in [1.82, 2.24) is 19.6 Å². The van der Waals surface area contributed by atoms with Gasteiger partial charge in [0.05, 0.1) is 17.0 Å². The zero-order valence-electron chi connectivity index (χ0n) is 13.8. The first kappa shape index (κ1) is 17.2. The van der Waals surface area contributed by atoms with Crippen molar-refractivity contribution in [3.05, 3.63) is 57.9 Å². The first-order valence-corrected chi connectivity index (χ1v) is 9.97. The maximum absolute atomic E-state index is 12.3. The molecule has 26 heavy (non-hydrogen) atoms. The van der Waals surface area contributed by atoms with Crippen molar-refractivity contribution in [2.45, 2.75) is 12.1 Å². The Morgan fingerprint density at radius 1 is 1.15 bits per heavy atom. The Labute approximate surface area is 167 Å². The van der Waals surface area contributed by atoms with E-state index in [4.69, 9.17) is 0 Å². The van der Waals surface area contributed by atoms with Gasteiger partial charge >= 0.3 is 0 Å². The molecule has 0 spiro atoms. The molecule has 0 fully saturated rings. The number of aromatic nitrogens is 4. The van der Waals surface area contributed by atoms with Gasteiger partial charge in [0.15, 0.2) is 10.8 Å². The van der Waals surface area contributed by atoms with Gasteiger partial charge in [0, 0.05) is 8.96 Å². The predicted octanol–water partition coefficient (Wildman–Crippen LogP) is 3.92. The molecule has 0 bridgehead atoms. The number of hydrogen-bond donors (Lipinski definition) is 1. The summed E-state index contributed by atoms with van der Waals surface area (Å²) in [5.41, 5.74) is 2.41. The number of carbonyl (C=O) groups is 1. The van der Waals surface area contributed by atoms with E-state index in [0.29, 0.717) is 11.0 Å². The third-order valence-corrected chi connectivity index (χ3v) is 5.61. The number of aryl methyl sites for hydroxylation is 1. The summed E-state index contributed by atoms with van der Waals surface area (Å²) in [5.74, 6) is 0.831. The molecule has 4 rings (SSSR count). The molecule has 0 saturated carbocycles. The zero-order chi connectivity index (χ0) is 18.1. The lowest BCUT2D eigenvalue weighted by molar-refractivity contribution is -0.113. The molecule has 0 radical (unpaired) electrons. The molecule has 1 amide bonds. The molecule has 0 aliphatic carbocycles. The summed E-state index contributed by atoms with van der Waals surface area (Å²) in [5, 5.41) is 8.95. The normalized spacial score (nSPS) is 11.2. The monoisotopic (exact) mass is 475 g/mol. The summed E-state index contributed by atoms with van der Waals surface area (Å²) >= 11 is 3.55. The van der Waals surface area contributed by atoms with Crippen molar-refractivity contribution in [3.63, 3.8) is 0 Å². The molecular weight excluding hydrogens is 461 g/mol. The van der Waals surface area contributed by atoms with Crippen LogP contribution in [0.4, 0.5) is 5.69 Å². The lowest BCUT2D eigenvalue weighted by Gasteiger charge is -2.08. The summed E-state index contributed by atoms with van der Waals surface area (Å²) in [6, 6.07) is 15.5. The number of nitrogens with zero attached hydrogens (tertiary/aromatic N) is 4. The summed E-state index contributed by atoms with van der Waals surface area (Å²) in [6.07, 6.45) is 0. The van der Waals surface area contributed by atoms with Gasteiger partial charge in [-0.15, -0.1) is 5.10 Å². The van der Waals surface area contributed by atoms with E-state index in [2.05, 4.69) is 43.0 Å². The van der Waals surface area contributed by atoms with Gasteiger partial charge in [-0.2, -0.15) is 4.52 Å². The average Bonchev–Trinajstić information content (AvgIpc) is 3.03. The number of hydrogen-bond acceptors (Lipinski definition) is 5. The van der Waals surface area contributed by atoms with Crippen LogP contribution in [0.2, 0.25) is 0 Å². The highest BCUT2D eigenvalue weighted by Gasteiger charge is 2.14. The van der Waals surface area contributed by atoms with Crippen LogP contribution in [0, 0.1) is 10.5 Å². The molecule has 130 valence electrons. The molecule has 0 aliphatic heterocycles. The van der Waals surface area contributed by atoms with Crippen LogP contribution in [-0.4, -0.2) is 31.2 Å². The number of carbonyl (C=O) groups excluding carboxylic acids is 1. The van der Waals surface area contributed by atoms with Crippen molar-refractivity contribution < 1.29 is 4.79 Å². The number of para-hydroxylation sites is 2. The minimum absolute atomic E-state index is 0.0842. The Hall–Kier alpha value is -2.20. The smallest absolute Gasteiger partial charge is 0.234 e. The van der Waals surface area contributed by atoms with E-state index < -0.39 is 0 Å². The van der Waals surface area contributed by atoms with Crippen LogP contribution < -0.4 is 5.32 Å². The second-order valence-corrected chi connectivity index (χ2v) is 7.73. The van der Waals surface area contributed by atoms with E-state index in [1.165, 1.54) is 11.8 Å². The van der Waals surface area contributed by atoms with E-state index in [1.807, 2.05) is 55.5 Å². The lowest BCUT2D eigenvalue weighted by atomic mass is 10.2. The van der Waals surface area contributed by atoms with E-state index in [9.17, 15) is 4.79 Å². The minimum Gasteiger partial charge on any atom is -0.324 e. The largest absolute Gasteiger partial charge is 0.324 e. The van der Waals surface area contributed by atoms with Crippen LogP contribution in [0.1, 0.15) is 5.82 Å². The van der Waals surface area contributed by atoms with Gasteiger partial charge in [0.2, 0.25) is 5.91 Å². The zero-order valence-corrected chi connectivity index (χ0v) is 16.8. The Balaban J connectivity index is 1.60. The fraction of sp³-hybridized carbons (Fsp3) is 0.111. The summed E-state index contributed by atoms with van der Waals surface area (Å²) in [4.78, 5) is 21.5. The Morgan fingerprint density at radius 3 is 2.77 bits per heavy atom. The number of fused-ring (bicyclic) bond motifs is 3. The van der Waals surface area contributed by atoms with E-state index in [1.54, 1.807) is 4.52 Å². The second-order valence-electron chi connectivity index (χ2n) is 5.62. The standard InChI is InChI=1S/C18H14IN5OS/c1-11-20-17-12-6-2-4-8-14(12)22-18(24(17)23-11)26-10-16(25)21-15-9-5-3-7-13(15)19/h2-9H,10H2,1H3,(H,21,25). The van der Waals surface area contributed by atoms with Crippen molar-refractivity contribution in [2.24, 2.45) is 0 Å². The quantitative estimate of drug-likeness (QED) is 0.275. The van der Waals surface area contributed by atoms with Crippen LogP contribution >= 0.6 is 34.4 Å². The third kappa shape index (κ3) is 3.38. The summed E-state index contributed by atoms with van der Waals surface area (Å²) < 4.78 is 2.71. The molecule has 4 aromatic rings. The molecule has 1 N–H and O–H groups in total. The SMILES string of the molecule is Cc1nc2c3ccccc3nc(SCC(=O)Nc3ccccc3I)n2n1. The Morgan fingerprint density at radius 2 is 1.92 bits per heavy atom. The van der Waals surface area contributed by atoms with Crippen LogP contribution in [0.3, 0.4) is 0 Å². The number of amides is 1. The maximum atomic E-state index is 12.3. The number of anilines is 1. The molecule has 2 aromatic heterocycles. The minimum atomic E-state index is -0.0842. The topological polar surface area (TPSA) is 72.2 Å². The molecule has 0 aliphatic rings. The van der Waals surface area contributed by atoms with E-state index >= 15 is 0 Å². The summed E-state index contributed by atoms with van der Waals surface area (Å²) in [7, 11) is 0. The number of halogens is 1. The van der Waals surface area contributed by atoms with Crippen molar-refractivity contribution in [1.29, 1.82) is 0 Å². The molecule has 2 aromatic carbocycles. The summed E-state index contributed by atoms with van der Waals surface area (Å²) in [6.45, 7) is 1.85. The average molecular weight is 475 g/mol. The Kier molecular flexibility index (Phi) is 4.77. The first-order valence-electron chi connectivity index (χ1n) is 7.91. The molecular formula is C18H14IN5OS. The van der Waals surface area contributed by atoms with Crippen molar-refractivity contribution in [3.8, 4) is 0 Å². The van der Waals surface area contributed by atoms with Crippen molar-refractivity contribution >= 4 is 62.5 Å². The molecule has 8 heteroatoms. The van der Waals surface area contributed by atoms with Gasteiger partial charge in [-0.05, 0) is 53.8 Å². The number of nitrogens with one attached hydrogen (secondary N) is 1. The van der Waals surface area contributed by atoms with Gasteiger partial charge in [0.1, 0.15) is 5.82 Å². The molecule has 0 saturated heterocycles. The number of thioether (sulfide) groups is 1. The van der Waals surface area contributed by atoms with E-state index in [0.717, 1.165) is 25.8 Å². The molecule has 6 nitrogen and oxygen atoms in total. The highest BCUT2D eigenvalue weighted by molar-refractivity contribution is 14.1. The number of benzene rings is 2. The van der Waals surface area contributed by atoms with Crippen LogP contribution in [0.15, 0.2) is 53.7 Å². The molecule has 0 atom stereocenters. The first-order chi connectivity index (χ1) is 12.6. The second kappa shape index (κ2) is 7.20. The van der Waals surface area contributed by atoms with Gasteiger partial charge in [-0.1, -0.05) is 36.0 Å². The van der Waals surface area contributed by atoms with Crippen LogP contribution in [0.25, 0.3) is 16.6 Å². The molecule has 0 unspecified atom stereocenters. The van der Waals surface area contributed by atoms with Gasteiger partial charge in [-0.3, -0.25) is 4.79 Å². The maximum Gasteiger partial charge on any atom is 0.234 e. The van der Waals surface area contributed by atoms with Crippen molar-refractivity contribution in [2.75, 3.05) is 11.1 Å². The fourth-order valence-corrected chi connectivity index (χ4v) is 3.87. The highest BCUT2D eigenvalue weighted by Crippen LogP contribution is 2.24. The van der Waals surface area contributed by atoms with Gasteiger partial charge in [-0.25, -0.2) is 9.97 Å². The van der Waals surface area contributed by atoms with Gasteiger partial charge in [0.25, 0.3) is 0 Å². The van der Waals surface area contributed by atoms with Crippen LogP contribution in [-0.2, 0) is 4.79 Å². The van der Waals surface area contributed by atoms with E-state index in [-0.39, 0.29) is 11.7 Å². The number of rotatable bonds is 4.